The van der Waals surface area contributed by atoms with Gasteiger partial charge in [-0.25, -0.2) is 8.78 Å². The summed E-state index contributed by atoms with van der Waals surface area (Å²) in [4.78, 5) is 156. The second-order valence-corrected chi connectivity index (χ2v) is 27.7. The molecule has 0 unspecified atom stereocenters. The standard InChI is InChI=1S/C71H84F2N12O11S2/c1-41-61(87)30-46(26-43-18-22-76-34-43)67(93)83-59(27-42-10-14-52(86)15-11-42)69(95)85-23-6-20-71(85,2)70(96)84-60(65(75)91)40-98-39-45-8-5-7-44(25-45)38-97-24-19-63(89)81-57(9-3-4-21-74)68(94)79-37-64(90)82-58(29-49-36-78-56-17-13-51(73)33-54(49)56)62(88)31-47(66(92)80-41)28-48-35-77-55-16-12-50(72)32-53(48)55/h5,7-8,10-17,22,25,32-36,41,46-47,57-60,77-78,86H,3-4,6,9,18-21,23-24,26-31,37-40,74H2,1-2H3,(H2,75,91)(H,79,94)(H,80,92)(H,81,89)(H,82,90)(H,83,93)(H,84,96)/t41-,46-,47-,57+,58+,59+,60+,71+/m1/s1. The van der Waals surface area contributed by atoms with Gasteiger partial charge < -0.3 is 63.3 Å². The first kappa shape index (κ1) is 73.0. The monoisotopic (exact) mass is 1380 g/mol. The number of thioether (sulfide) groups is 2. The summed E-state index contributed by atoms with van der Waals surface area (Å²) in [6, 6.07) is 15.5. The van der Waals surface area contributed by atoms with Crippen molar-refractivity contribution in [1.82, 2.24) is 46.8 Å². The van der Waals surface area contributed by atoms with Crippen molar-refractivity contribution >= 4 is 110 Å². The van der Waals surface area contributed by atoms with Gasteiger partial charge in [0.05, 0.1) is 18.6 Å². The lowest BCUT2D eigenvalue weighted by molar-refractivity contribution is -0.147. The molecule has 23 nitrogen and oxygen atoms in total. The summed E-state index contributed by atoms with van der Waals surface area (Å²) < 4.78 is 29.8. The van der Waals surface area contributed by atoms with Crippen molar-refractivity contribution < 1.29 is 61.8 Å². The lowest BCUT2D eigenvalue weighted by Crippen LogP contribution is -2.62. The van der Waals surface area contributed by atoms with Crippen LogP contribution in [0.15, 0.2) is 114 Å². The molecule has 5 heterocycles. The summed E-state index contributed by atoms with van der Waals surface area (Å²) in [5, 5.41) is 27.7. The van der Waals surface area contributed by atoms with Crippen LogP contribution in [0.25, 0.3) is 21.8 Å². The predicted molar refractivity (Wildman–Crippen MR) is 371 cm³/mol. The molecule has 8 amide bonds. The zero-order valence-corrected chi connectivity index (χ0v) is 56.4. The molecule has 13 N–H and O–H groups in total. The first-order valence-corrected chi connectivity index (χ1v) is 35.2. The summed E-state index contributed by atoms with van der Waals surface area (Å²) in [7, 11) is 0. The Kier molecular flexibility index (Phi) is 25.6. The first-order valence-electron chi connectivity index (χ1n) is 32.9. The van der Waals surface area contributed by atoms with Crippen LogP contribution in [0.5, 0.6) is 5.75 Å². The van der Waals surface area contributed by atoms with E-state index in [0.717, 1.165) is 11.1 Å². The number of phenols is 1. The Morgan fingerprint density at radius 2 is 1.35 bits per heavy atom. The average Bonchev–Trinajstić information content (AvgIpc) is 1.57. The van der Waals surface area contributed by atoms with Crippen LogP contribution < -0.4 is 43.4 Å². The number of hydrogen-bond acceptors (Lipinski definition) is 15. The number of H-pyrrole nitrogens is 2. The maximum absolute atomic E-state index is 15.2. The lowest BCUT2D eigenvalue weighted by Gasteiger charge is -2.37. The minimum Gasteiger partial charge on any atom is -0.508 e. The summed E-state index contributed by atoms with van der Waals surface area (Å²) >= 11 is 2.86. The summed E-state index contributed by atoms with van der Waals surface area (Å²) in [6.07, 6.45) is 6.94. The van der Waals surface area contributed by atoms with E-state index in [2.05, 4.69) is 46.9 Å². The number of nitrogens with zero attached hydrogens (tertiary/aromatic N) is 2. The summed E-state index contributed by atoms with van der Waals surface area (Å²) in [6.45, 7) is 2.79. The number of carbonyl (C=O) groups is 10. The number of rotatable bonds is 13. The molecular formula is C71H84F2N12O11S2. The number of aliphatic imine (C=N–C) groups is 1. The number of phenolic OH excluding ortho intramolecular Hbond substituents is 1. The first-order chi connectivity index (χ1) is 47.0. The smallest absolute Gasteiger partial charge is 0.246 e. The highest BCUT2D eigenvalue weighted by Crippen LogP contribution is 2.33. The molecule has 0 saturated carbocycles. The number of aromatic hydroxyl groups is 1. The number of primary amides is 1. The fourth-order valence-electron chi connectivity index (χ4n) is 12.6. The van der Waals surface area contributed by atoms with Gasteiger partial charge in [-0.1, -0.05) is 36.4 Å². The zero-order valence-electron chi connectivity index (χ0n) is 54.7. The number of hydrogen-bond donors (Lipinski definition) is 11. The van der Waals surface area contributed by atoms with E-state index in [-0.39, 0.29) is 63.0 Å². The molecule has 98 heavy (non-hydrogen) atoms. The van der Waals surface area contributed by atoms with E-state index in [9.17, 15) is 47.4 Å². The van der Waals surface area contributed by atoms with Crippen LogP contribution in [0.2, 0.25) is 0 Å². The lowest BCUT2D eigenvalue weighted by atomic mass is 9.88. The van der Waals surface area contributed by atoms with Crippen molar-refractivity contribution in [3.8, 4) is 5.75 Å². The second-order valence-electron chi connectivity index (χ2n) is 25.5. The number of aromatic amines is 2. The van der Waals surface area contributed by atoms with Crippen LogP contribution >= 0.6 is 23.5 Å². The van der Waals surface area contributed by atoms with Gasteiger partial charge in [-0.3, -0.25) is 52.9 Å². The highest BCUT2D eigenvalue weighted by Gasteiger charge is 2.48. The Labute approximate surface area is 574 Å². The van der Waals surface area contributed by atoms with E-state index < -0.39 is 137 Å². The molecule has 3 aliphatic rings. The molecule has 3 aliphatic heterocycles. The van der Waals surface area contributed by atoms with Crippen LogP contribution in [0, 0.1) is 23.5 Å². The van der Waals surface area contributed by atoms with Crippen LogP contribution in [-0.4, -0.2) is 152 Å². The number of carbonyl (C=O) groups excluding carboxylic acids is 10. The second kappa shape index (κ2) is 34.3. The third-order valence-corrected chi connectivity index (χ3v) is 20.3. The number of halogens is 2. The number of nitrogens with two attached hydrogens (primary N) is 2. The van der Waals surface area contributed by atoms with Crippen molar-refractivity contribution in [2.75, 3.05) is 31.1 Å². The summed E-state index contributed by atoms with van der Waals surface area (Å²) in [5.41, 5.74) is 15.2. The van der Waals surface area contributed by atoms with Gasteiger partial charge in [-0.2, -0.15) is 23.5 Å². The van der Waals surface area contributed by atoms with Gasteiger partial charge in [0, 0.05) is 127 Å². The van der Waals surface area contributed by atoms with Gasteiger partial charge in [0.15, 0.2) is 11.6 Å². The normalized spacial score (nSPS) is 23.8. The molecule has 0 aliphatic carbocycles. The number of nitrogens with one attached hydrogen (secondary N) is 8. The Balaban J connectivity index is 1.03. The molecule has 4 aromatic carbocycles. The molecule has 8 atom stereocenters. The van der Waals surface area contributed by atoms with Crippen molar-refractivity contribution in [2.45, 2.75) is 145 Å². The maximum atomic E-state index is 15.2. The number of ketones is 2. The van der Waals surface area contributed by atoms with E-state index in [1.165, 1.54) is 83.9 Å². The highest BCUT2D eigenvalue weighted by atomic mass is 32.2. The molecule has 1 saturated heterocycles. The minimum absolute atomic E-state index is 0.000729. The topological polar surface area (TPSA) is 362 Å². The van der Waals surface area contributed by atoms with E-state index in [1.54, 1.807) is 43.9 Å². The highest BCUT2D eigenvalue weighted by molar-refractivity contribution is 7.98. The van der Waals surface area contributed by atoms with E-state index >= 15 is 14.4 Å². The molecule has 2 aromatic heterocycles. The van der Waals surface area contributed by atoms with E-state index in [0.29, 0.717) is 93.6 Å². The fourth-order valence-corrected chi connectivity index (χ4v) is 14.5. The van der Waals surface area contributed by atoms with Crippen molar-refractivity contribution in [3.05, 3.63) is 149 Å². The van der Waals surface area contributed by atoms with Crippen molar-refractivity contribution in [2.24, 2.45) is 28.3 Å². The molecule has 27 heteroatoms. The van der Waals surface area contributed by atoms with Gasteiger partial charge in [0.25, 0.3) is 0 Å². The molecule has 2 bridgehead atoms. The molecule has 520 valence electrons. The van der Waals surface area contributed by atoms with Crippen LogP contribution in [-0.2, 0) is 78.7 Å². The Morgan fingerprint density at radius 3 is 2.01 bits per heavy atom. The van der Waals surface area contributed by atoms with Crippen molar-refractivity contribution in [1.29, 1.82) is 0 Å². The SMILES string of the molecule is C[C@H]1NC(=O)[C@H](Cc2c[nH]c3ccc(F)cc23)CC(=O)[C@H](Cc2c[nH]c3ccc(F)cc23)NC(=O)CNC(=O)[C@H](CCCCN)NC(=O)CCSCc2cccc(c2)CSC[C@@H](C(N)=O)NC(=O)[C@]2(C)CCCN2C(=O)[C@H](Cc2ccc(O)cc2)NC(=O)[C@H](CC2=CN=CC2)CC1=O. The number of amides is 8. The number of aromatic nitrogens is 2. The predicted octanol–water partition coefficient (Wildman–Crippen LogP) is 5.69. The van der Waals surface area contributed by atoms with Crippen LogP contribution in [0.4, 0.5) is 8.78 Å². The quantitative estimate of drug-likeness (QED) is 0.0620. The molecule has 0 radical (unpaired) electrons. The van der Waals surface area contributed by atoms with Crippen LogP contribution in [0.1, 0.15) is 106 Å². The van der Waals surface area contributed by atoms with Crippen molar-refractivity contribution in [3.63, 3.8) is 0 Å². The number of unbranched alkanes of at least 4 members (excludes halogenated alkanes) is 1. The zero-order chi connectivity index (χ0) is 70.0. The minimum atomic E-state index is -1.52. The van der Waals surface area contributed by atoms with Crippen LogP contribution in [0.3, 0.4) is 0 Å². The Morgan fingerprint density at radius 1 is 0.704 bits per heavy atom. The van der Waals surface area contributed by atoms with Gasteiger partial charge in [-0.05, 0) is 147 Å². The largest absolute Gasteiger partial charge is 0.508 e. The molecule has 0 spiro atoms. The third kappa shape index (κ3) is 19.8. The van der Waals surface area contributed by atoms with Gasteiger partial charge in [-0.15, -0.1) is 0 Å². The van der Waals surface area contributed by atoms with E-state index in [1.807, 2.05) is 24.3 Å². The Bertz CT molecular complexity index is 3990. The fraction of sp³-hybridized carbons (Fsp3) is 0.423. The molecule has 6 aromatic rings. The van der Waals surface area contributed by atoms with Gasteiger partial charge in [0.1, 0.15) is 41.0 Å². The number of benzene rings is 4. The molecular weight excluding hydrogens is 1300 g/mol. The third-order valence-electron chi connectivity index (χ3n) is 18.1. The number of allylic oxidation sites excluding steroid dienone is 1. The number of fused-ring (bicyclic) bond motifs is 5. The van der Waals surface area contributed by atoms with Gasteiger partial charge >= 0.3 is 0 Å². The number of Topliss-reactive ketones (excluding diaryl/α,β-unsaturated/α-hetero) is 2. The summed E-state index contributed by atoms with van der Waals surface area (Å²) in [5.74, 6) is -9.00. The Hall–Kier alpha value is -9.21. The van der Waals surface area contributed by atoms with Gasteiger partial charge in [0.2, 0.25) is 47.3 Å². The molecule has 1 fully saturated rings. The molecule has 9 rings (SSSR count). The van der Waals surface area contributed by atoms with E-state index in [4.69, 9.17) is 11.5 Å². The average molecular weight is 1380 g/mol. The maximum Gasteiger partial charge on any atom is 0.246 e.